The van der Waals surface area contributed by atoms with Crippen LogP contribution in [-0.2, 0) is 9.47 Å². The molecule has 0 amide bonds. The summed E-state index contributed by atoms with van der Waals surface area (Å²) < 4.78 is 11.5. The minimum Gasteiger partial charge on any atom is -0.464 e. The molecule has 0 radical (unpaired) electrons. The minimum absolute atomic E-state index is 0.0468. The maximum absolute atomic E-state index is 12.1. The summed E-state index contributed by atoms with van der Waals surface area (Å²) in [5.74, 6) is -1.10. The van der Waals surface area contributed by atoms with Gasteiger partial charge in [-0.2, -0.15) is 5.26 Å². The Balaban J connectivity index is 2.42. The van der Waals surface area contributed by atoms with Crippen molar-refractivity contribution >= 4 is 17.6 Å². The van der Waals surface area contributed by atoms with Crippen LogP contribution in [0.4, 0.5) is 5.69 Å². The molecule has 0 atom stereocenters. The SMILES string of the molecule is COC(=O)c1c(N)c(C#N)cn1-c1ccc(C(=O)OC(C)(C)C)cc1. The number of aromatic nitrogens is 1. The number of rotatable bonds is 3. The van der Waals surface area contributed by atoms with E-state index in [0.717, 1.165) is 0 Å². The van der Waals surface area contributed by atoms with Crippen molar-refractivity contribution in [1.29, 1.82) is 5.26 Å². The molecule has 2 aromatic rings. The summed E-state index contributed by atoms with van der Waals surface area (Å²) in [6.45, 7) is 5.36. The molecule has 1 heterocycles. The number of nitrogens with two attached hydrogens (primary N) is 1. The maximum atomic E-state index is 12.1. The third kappa shape index (κ3) is 3.80. The predicted molar refractivity (Wildman–Crippen MR) is 91.4 cm³/mol. The van der Waals surface area contributed by atoms with Crippen LogP contribution in [0.1, 0.15) is 47.2 Å². The Morgan fingerprint density at radius 2 is 1.76 bits per heavy atom. The first-order valence-electron chi connectivity index (χ1n) is 7.51. The van der Waals surface area contributed by atoms with Crippen molar-refractivity contribution in [3.05, 3.63) is 47.3 Å². The van der Waals surface area contributed by atoms with E-state index in [1.54, 1.807) is 45.0 Å². The molecule has 2 N–H and O–H groups in total. The van der Waals surface area contributed by atoms with Gasteiger partial charge in [0.15, 0.2) is 5.69 Å². The number of ether oxygens (including phenoxy) is 2. The highest BCUT2D eigenvalue weighted by atomic mass is 16.6. The summed E-state index contributed by atoms with van der Waals surface area (Å²) in [6.07, 6.45) is 1.45. The van der Waals surface area contributed by atoms with E-state index in [-0.39, 0.29) is 16.9 Å². The van der Waals surface area contributed by atoms with Crippen LogP contribution >= 0.6 is 0 Å². The van der Waals surface area contributed by atoms with Crippen molar-refractivity contribution in [2.24, 2.45) is 0 Å². The Morgan fingerprint density at radius 1 is 1.16 bits per heavy atom. The molecule has 0 saturated carbocycles. The second-order valence-corrected chi connectivity index (χ2v) is 6.33. The number of hydrogen-bond acceptors (Lipinski definition) is 6. The lowest BCUT2D eigenvalue weighted by Gasteiger charge is -2.19. The molecule has 0 fully saturated rings. The third-order valence-electron chi connectivity index (χ3n) is 3.32. The van der Waals surface area contributed by atoms with Crippen LogP contribution in [0.5, 0.6) is 0 Å². The van der Waals surface area contributed by atoms with E-state index in [1.807, 2.05) is 6.07 Å². The van der Waals surface area contributed by atoms with Gasteiger partial charge in [-0.15, -0.1) is 0 Å². The van der Waals surface area contributed by atoms with Crippen molar-refractivity contribution in [2.45, 2.75) is 26.4 Å². The molecule has 0 aliphatic carbocycles. The molecule has 0 saturated heterocycles. The lowest BCUT2D eigenvalue weighted by Crippen LogP contribution is -2.23. The van der Waals surface area contributed by atoms with E-state index >= 15 is 0 Å². The molecule has 0 aliphatic rings. The fourth-order valence-electron chi connectivity index (χ4n) is 2.21. The second-order valence-electron chi connectivity index (χ2n) is 6.33. The Labute approximate surface area is 145 Å². The average Bonchev–Trinajstić information content (AvgIpc) is 2.89. The van der Waals surface area contributed by atoms with E-state index in [0.29, 0.717) is 11.3 Å². The van der Waals surface area contributed by atoms with E-state index < -0.39 is 17.5 Å². The highest BCUT2D eigenvalue weighted by Gasteiger charge is 2.22. The van der Waals surface area contributed by atoms with Gasteiger partial charge in [-0.25, -0.2) is 9.59 Å². The molecule has 2 rings (SSSR count). The van der Waals surface area contributed by atoms with Crippen LogP contribution in [0.25, 0.3) is 5.69 Å². The normalized spacial score (nSPS) is 10.8. The van der Waals surface area contributed by atoms with Crippen LogP contribution in [0.15, 0.2) is 30.5 Å². The number of nitrogens with zero attached hydrogens (tertiary/aromatic N) is 2. The van der Waals surface area contributed by atoms with Gasteiger partial charge in [-0.1, -0.05) is 0 Å². The summed E-state index contributed by atoms with van der Waals surface area (Å²) in [5, 5.41) is 9.13. The maximum Gasteiger partial charge on any atom is 0.357 e. The number of nitriles is 1. The summed E-state index contributed by atoms with van der Waals surface area (Å²) in [5.41, 5.74) is 6.46. The van der Waals surface area contributed by atoms with Gasteiger partial charge in [-0.3, -0.25) is 0 Å². The number of carbonyl (C=O) groups excluding carboxylic acids is 2. The first kappa shape index (κ1) is 18.1. The summed E-state index contributed by atoms with van der Waals surface area (Å²) >= 11 is 0. The molecule has 7 heteroatoms. The first-order valence-corrected chi connectivity index (χ1v) is 7.51. The zero-order valence-electron chi connectivity index (χ0n) is 14.5. The van der Waals surface area contributed by atoms with Crippen LogP contribution in [0, 0.1) is 11.3 Å². The number of carbonyl (C=O) groups is 2. The van der Waals surface area contributed by atoms with Crippen LogP contribution < -0.4 is 5.73 Å². The third-order valence-corrected chi connectivity index (χ3v) is 3.32. The first-order chi connectivity index (χ1) is 11.7. The molecule has 0 bridgehead atoms. The fraction of sp³-hybridized carbons (Fsp3) is 0.278. The van der Waals surface area contributed by atoms with Crippen molar-refractivity contribution in [3.8, 4) is 11.8 Å². The largest absolute Gasteiger partial charge is 0.464 e. The molecular formula is C18H19N3O4. The molecule has 1 aromatic heterocycles. The Kier molecular flexibility index (Phi) is 4.84. The summed E-state index contributed by atoms with van der Waals surface area (Å²) in [4.78, 5) is 24.1. The average molecular weight is 341 g/mol. The highest BCUT2D eigenvalue weighted by Crippen LogP contribution is 2.25. The molecule has 1 aromatic carbocycles. The lowest BCUT2D eigenvalue weighted by molar-refractivity contribution is 0.00693. The van der Waals surface area contributed by atoms with Gasteiger partial charge < -0.3 is 19.8 Å². The highest BCUT2D eigenvalue weighted by molar-refractivity contribution is 5.96. The van der Waals surface area contributed by atoms with Gasteiger partial charge >= 0.3 is 11.9 Å². The molecule has 25 heavy (non-hydrogen) atoms. The number of methoxy groups -OCH3 is 1. The van der Waals surface area contributed by atoms with Crippen molar-refractivity contribution in [3.63, 3.8) is 0 Å². The number of hydrogen-bond donors (Lipinski definition) is 1. The van der Waals surface area contributed by atoms with Crippen LogP contribution in [-0.4, -0.2) is 29.2 Å². The molecule has 0 spiro atoms. The smallest absolute Gasteiger partial charge is 0.357 e. The van der Waals surface area contributed by atoms with E-state index in [2.05, 4.69) is 0 Å². The lowest BCUT2D eigenvalue weighted by atomic mass is 10.1. The second kappa shape index (κ2) is 6.69. The van der Waals surface area contributed by atoms with Gasteiger partial charge in [0.2, 0.25) is 0 Å². The molecule has 7 nitrogen and oxygen atoms in total. The number of anilines is 1. The standard InChI is InChI=1S/C18H19N3O4/c1-18(2,3)25-16(22)11-5-7-13(8-6-11)21-10-12(9-19)14(20)15(21)17(23)24-4/h5-8,10H,20H2,1-4H3. The van der Waals surface area contributed by atoms with Gasteiger partial charge in [0.05, 0.1) is 23.9 Å². The molecular weight excluding hydrogens is 322 g/mol. The fourth-order valence-corrected chi connectivity index (χ4v) is 2.21. The van der Waals surface area contributed by atoms with E-state index in [9.17, 15) is 9.59 Å². The van der Waals surface area contributed by atoms with Crippen LogP contribution in [0.3, 0.4) is 0 Å². The van der Waals surface area contributed by atoms with Gasteiger partial charge in [0.1, 0.15) is 11.7 Å². The predicted octanol–water partition coefficient (Wildman–Crippen LogP) is 2.67. The van der Waals surface area contributed by atoms with E-state index in [4.69, 9.17) is 20.5 Å². The van der Waals surface area contributed by atoms with Gasteiger partial charge in [-0.05, 0) is 45.0 Å². The summed E-state index contributed by atoms with van der Waals surface area (Å²) in [7, 11) is 1.23. The Bertz CT molecular complexity index is 852. The number of benzene rings is 1. The topological polar surface area (TPSA) is 107 Å². The Hall–Kier alpha value is -3.27. The molecule has 0 aliphatic heterocycles. The molecule has 130 valence electrons. The zero-order valence-corrected chi connectivity index (χ0v) is 14.5. The molecule has 0 unspecified atom stereocenters. The quantitative estimate of drug-likeness (QED) is 0.860. The van der Waals surface area contributed by atoms with Gasteiger partial charge in [0.25, 0.3) is 0 Å². The van der Waals surface area contributed by atoms with Crippen LogP contribution in [0.2, 0.25) is 0 Å². The monoisotopic (exact) mass is 341 g/mol. The Morgan fingerprint density at radius 3 is 2.24 bits per heavy atom. The summed E-state index contributed by atoms with van der Waals surface area (Å²) in [6, 6.07) is 8.35. The van der Waals surface area contributed by atoms with Gasteiger partial charge in [0, 0.05) is 11.9 Å². The number of nitrogen functional groups attached to an aromatic ring is 1. The van der Waals surface area contributed by atoms with Crippen molar-refractivity contribution in [1.82, 2.24) is 4.57 Å². The van der Waals surface area contributed by atoms with Crippen molar-refractivity contribution < 1.29 is 19.1 Å². The number of esters is 2. The minimum atomic E-state index is -0.657. The van der Waals surface area contributed by atoms with E-state index in [1.165, 1.54) is 17.9 Å². The van der Waals surface area contributed by atoms with Crippen molar-refractivity contribution in [2.75, 3.05) is 12.8 Å². The zero-order chi connectivity index (χ0) is 18.8.